The quantitative estimate of drug-likeness (QED) is 0.844. The Bertz CT molecular complexity index is 718. The first-order valence-corrected chi connectivity index (χ1v) is 8.15. The van der Waals surface area contributed by atoms with E-state index in [1.165, 1.54) is 0 Å². The molecule has 1 N–H and O–H groups in total. The van der Waals surface area contributed by atoms with Crippen molar-refractivity contribution in [3.05, 3.63) is 59.7 Å². The molecule has 0 unspecified atom stereocenters. The highest BCUT2D eigenvalue weighted by molar-refractivity contribution is 9.08. The summed E-state index contributed by atoms with van der Waals surface area (Å²) in [7, 11) is -3.94. The van der Waals surface area contributed by atoms with Gasteiger partial charge in [-0.25, -0.2) is 17.2 Å². The van der Waals surface area contributed by atoms with E-state index in [2.05, 4.69) is 20.7 Å². The lowest BCUT2D eigenvalue weighted by molar-refractivity contribution is 0.504. The molecule has 0 bridgehead atoms. The molecule has 0 atom stereocenters. The van der Waals surface area contributed by atoms with Crippen LogP contribution in [0.1, 0.15) is 5.56 Å². The van der Waals surface area contributed by atoms with E-state index in [1.807, 2.05) is 0 Å². The molecule has 0 aromatic heterocycles. The third-order valence-corrected chi connectivity index (χ3v) is 4.59. The van der Waals surface area contributed by atoms with Gasteiger partial charge < -0.3 is 0 Å². The Morgan fingerprint density at radius 2 is 1.65 bits per heavy atom. The molecule has 0 heterocycles. The van der Waals surface area contributed by atoms with Crippen LogP contribution in [-0.4, -0.2) is 8.42 Å². The van der Waals surface area contributed by atoms with Crippen LogP contribution in [0.2, 0.25) is 0 Å². The van der Waals surface area contributed by atoms with Crippen LogP contribution in [0.15, 0.2) is 47.4 Å². The van der Waals surface area contributed by atoms with Gasteiger partial charge in [0.15, 0.2) is 11.6 Å². The number of halogens is 3. The summed E-state index contributed by atoms with van der Waals surface area (Å²) in [4.78, 5) is -0.332. The lowest BCUT2D eigenvalue weighted by Crippen LogP contribution is -2.13. The van der Waals surface area contributed by atoms with Crippen LogP contribution >= 0.6 is 15.9 Å². The number of benzene rings is 2. The maximum Gasteiger partial charge on any atom is 0.261 e. The standard InChI is InChI=1S/C13H10BrF2NO2S/c14-8-9-1-3-10(4-2-9)17-20(18,19)11-5-6-12(15)13(16)7-11/h1-7,17H,8H2. The zero-order valence-corrected chi connectivity index (χ0v) is 12.5. The lowest BCUT2D eigenvalue weighted by atomic mass is 10.2. The summed E-state index contributed by atoms with van der Waals surface area (Å²) in [6.45, 7) is 0. The van der Waals surface area contributed by atoms with E-state index in [-0.39, 0.29) is 4.90 Å². The largest absolute Gasteiger partial charge is 0.280 e. The summed E-state index contributed by atoms with van der Waals surface area (Å²) >= 11 is 3.28. The van der Waals surface area contributed by atoms with Gasteiger partial charge in [0.05, 0.1) is 4.90 Å². The van der Waals surface area contributed by atoms with Crippen molar-refractivity contribution in [2.75, 3.05) is 4.72 Å². The fourth-order valence-corrected chi connectivity index (χ4v) is 2.96. The predicted octanol–water partition coefficient (Wildman–Crippen LogP) is 3.66. The summed E-state index contributed by atoms with van der Waals surface area (Å²) in [6, 6.07) is 9.10. The van der Waals surface area contributed by atoms with Gasteiger partial charge in [-0.1, -0.05) is 28.1 Å². The molecule has 0 amide bonds. The van der Waals surface area contributed by atoms with Crippen molar-refractivity contribution in [3.8, 4) is 0 Å². The number of nitrogens with one attached hydrogen (secondary N) is 1. The van der Waals surface area contributed by atoms with Crippen LogP contribution in [-0.2, 0) is 15.4 Å². The number of rotatable bonds is 4. The SMILES string of the molecule is O=S(=O)(Nc1ccc(CBr)cc1)c1ccc(F)c(F)c1. The van der Waals surface area contributed by atoms with Gasteiger partial charge in [-0.15, -0.1) is 0 Å². The molecule has 20 heavy (non-hydrogen) atoms. The molecule has 106 valence electrons. The van der Waals surface area contributed by atoms with Gasteiger partial charge in [0.2, 0.25) is 0 Å². The number of hydrogen-bond donors (Lipinski definition) is 1. The fraction of sp³-hybridized carbons (Fsp3) is 0.0769. The molecule has 0 spiro atoms. The van der Waals surface area contributed by atoms with Crippen molar-refractivity contribution in [2.45, 2.75) is 10.2 Å². The Morgan fingerprint density at radius 1 is 1.00 bits per heavy atom. The Morgan fingerprint density at radius 3 is 2.20 bits per heavy atom. The van der Waals surface area contributed by atoms with Crippen LogP contribution in [0, 0.1) is 11.6 Å². The maximum absolute atomic E-state index is 13.1. The molecule has 2 rings (SSSR count). The highest BCUT2D eigenvalue weighted by atomic mass is 79.9. The second-order valence-electron chi connectivity index (χ2n) is 4.01. The predicted molar refractivity (Wildman–Crippen MR) is 76.2 cm³/mol. The van der Waals surface area contributed by atoms with Crippen molar-refractivity contribution in [1.82, 2.24) is 0 Å². The molecule has 0 aliphatic carbocycles. The minimum absolute atomic E-state index is 0.332. The Kier molecular flexibility index (Phi) is 4.39. The smallest absolute Gasteiger partial charge is 0.261 e. The second-order valence-corrected chi connectivity index (χ2v) is 6.26. The topological polar surface area (TPSA) is 46.2 Å². The summed E-state index contributed by atoms with van der Waals surface area (Å²) < 4.78 is 52.2. The lowest BCUT2D eigenvalue weighted by Gasteiger charge is -2.08. The Hall–Kier alpha value is -1.47. The van der Waals surface area contributed by atoms with Gasteiger partial charge in [-0.3, -0.25) is 4.72 Å². The van der Waals surface area contributed by atoms with E-state index in [1.54, 1.807) is 24.3 Å². The average molecular weight is 362 g/mol. The molecule has 0 saturated carbocycles. The molecular weight excluding hydrogens is 352 g/mol. The highest BCUT2D eigenvalue weighted by Gasteiger charge is 2.16. The van der Waals surface area contributed by atoms with Gasteiger partial charge in [-0.2, -0.15) is 0 Å². The minimum Gasteiger partial charge on any atom is -0.280 e. The summed E-state index contributed by atoms with van der Waals surface area (Å²) in [5.74, 6) is -2.30. The normalized spacial score (nSPS) is 11.3. The second kappa shape index (κ2) is 5.88. The van der Waals surface area contributed by atoms with Crippen LogP contribution in [0.5, 0.6) is 0 Å². The van der Waals surface area contributed by atoms with Gasteiger partial charge in [-0.05, 0) is 35.9 Å². The maximum atomic E-state index is 13.1. The van der Waals surface area contributed by atoms with E-state index in [4.69, 9.17) is 0 Å². The van der Waals surface area contributed by atoms with Gasteiger partial charge in [0, 0.05) is 11.0 Å². The van der Waals surface area contributed by atoms with E-state index < -0.39 is 21.7 Å². The van der Waals surface area contributed by atoms with Crippen molar-refractivity contribution < 1.29 is 17.2 Å². The van der Waals surface area contributed by atoms with Crippen molar-refractivity contribution in [2.24, 2.45) is 0 Å². The molecule has 0 aliphatic rings. The molecule has 0 aliphatic heterocycles. The van der Waals surface area contributed by atoms with Crippen molar-refractivity contribution >= 4 is 31.6 Å². The van der Waals surface area contributed by atoms with Crippen LogP contribution in [0.3, 0.4) is 0 Å². The molecule has 7 heteroatoms. The Balaban J connectivity index is 2.27. The zero-order valence-electron chi connectivity index (χ0n) is 10.1. The summed E-state index contributed by atoms with van der Waals surface area (Å²) in [5.41, 5.74) is 1.33. The van der Waals surface area contributed by atoms with Crippen LogP contribution in [0.25, 0.3) is 0 Å². The molecule has 0 radical (unpaired) electrons. The molecular formula is C13H10BrF2NO2S. The molecule has 0 fully saturated rings. The first-order chi connectivity index (χ1) is 9.42. The van der Waals surface area contributed by atoms with Crippen molar-refractivity contribution in [1.29, 1.82) is 0 Å². The average Bonchev–Trinajstić information content (AvgIpc) is 2.42. The number of alkyl halides is 1. The van der Waals surface area contributed by atoms with E-state index in [0.717, 1.165) is 17.7 Å². The van der Waals surface area contributed by atoms with Crippen LogP contribution in [0.4, 0.5) is 14.5 Å². The van der Waals surface area contributed by atoms with Gasteiger partial charge >= 0.3 is 0 Å². The highest BCUT2D eigenvalue weighted by Crippen LogP contribution is 2.19. The molecule has 2 aromatic rings. The third kappa shape index (κ3) is 3.34. The first kappa shape index (κ1) is 14.9. The van der Waals surface area contributed by atoms with E-state index in [0.29, 0.717) is 17.1 Å². The zero-order chi connectivity index (χ0) is 14.8. The first-order valence-electron chi connectivity index (χ1n) is 5.55. The number of sulfonamides is 1. The van der Waals surface area contributed by atoms with Crippen LogP contribution < -0.4 is 4.72 Å². The van der Waals surface area contributed by atoms with Gasteiger partial charge in [0.25, 0.3) is 10.0 Å². The Labute approximate surface area is 123 Å². The monoisotopic (exact) mass is 361 g/mol. The fourth-order valence-electron chi connectivity index (χ4n) is 1.52. The van der Waals surface area contributed by atoms with E-state index in [9.17, 15) is 17.2 Å². The van der Waals surface area contributed by atoms with Crippen molar-refractivity contribution in [3.63, 3.8) is 0 Å². The van der Waals surface area contributed by atoms with Gasteiger partial charge in [0.1, 0.15) is 0 Å². The summed E-state index contributed by atoms with van der Waals surface area (Å²) in [5, 5.41) is 0.656. The number of hydrogen-bond acceptors (Lipinski definition) is 2. The van der Waals surface area contributed by atoms with E-state index >= 15 is 0 Å². The minimum atomic E-state index is -3.94. The summed E-state index contributed by atoms with van der Waals surface area (Å²) in [6.07, 6.45) is 0. The third-order valence-electron chi connectivity index (χ3n) is 2.56. The molecule has 3 nitrogen and oxygen atoms in total. The molecule has 2 aromatic carbocycles. The molecule has 0 saturated heterocycles. The number of anilines is 1.